The van der Waals surface area contributed by atoms with Crippen molar-refractivity contribution in [3.63, 3.8) is 0 Å². The van der Waals surface area contributed by atoms with E-state index in [1.54, 1.807) is 0 Å². The van der Waals surface area contributed by atoms with E-state index in [1.807, 2.05) is 20.8 Å². The van der Waals surface area contributed by atoms with Crippen molar-refractivity contribution in [3.05, 3.63) is 11.6 Å². The summed E-state index contributed by atoms with van der Waals surface area (Å²) in [6, 6.07) is 0.0825. The van der Waals surface area contributed by atoms with Gasteiger partial charge in [-0.3, -0.25) is 9.89 Å². The van der Waals surface area contributed by atoms with E-state index in [2.05, 4.69) is 20.5 Å². The molecule has 2 heterocycles. The largest absolute Gasteiger partial charge is 0.379 e. The van der Waals surface area contributed by atoms with Crippen molar-refractivity contribution in [2.45, 2.75) is 38.6 Å². The molecule has 1 atom stereocenters. The van der Waals surface area contributed by atoms with Crippen molar-refractivity contribution < 1.29 is 9.53 Å². The Morgan fingerprint density at radius 2 is 2.29 bits per heavy atom. The molecule has 0 saturated carbocycles. The fraction of sp³-hybridized carbons (Fsp3) is 0.727. The van der Waals surface area contributed by atoms with E-state index in [9.17, 15) is 4.79 Å². The Labute approximate surface area is 100 Å². The molecule has 1 saturated heterocycles. The van der Waals surface area contributed by atoms with E-state index >= 15 is 0 Å². The number of aromatic nitrogens is 3. The molecule has 0 bridgehead atoms. The lowest BCUT2D eigenvalue weighted by molar-refractivity contribution is 0.0919. The number of amides is 1. The molecule has 0 spiro atoms. The molecule has 1 aromatic heterocycles. The van der Waals surface area contributed by atoms with Crippen LogP contribution in [0.2, 0.25) is 0 Å². The quantitative estimate of drug-likeness (QED) is 0.791. The van der Waals surface area contributed by atoms with Crippen LogP contribution in [0.5, 0.6) is 0 Å². The highest BCUT2D eigenvalue weighted by Gasteiger charge is 2.24. The number of H-pyrrole nitrogens is 1. The van der Waals surface area contributed by atoms with Gasteiger partial charge >= 0.3 is 0 Å². The van der Waals surface area contributed by atoms with Crippen LogP contribution in [-0.2, 0) is 10.2 Å². The summed E-state index contributed by atoms with van der Waals surface area (Å²) in [7, 11) is 0. The van der Waals surface area contributed by atoms with Gasteiger partial charge in [-0.15, -0.1) is 5.10 Å². The van der Waals surface area contributed by atoms with Gasteiger partial charge in [-0.1, -0.05) is 20.8 Å². The number of carbonyl (C=O) groups is 1. The third kappa shape index (κ3) is 2.82. The summed E-state index contributed by atoms with van der Waals surface area (Å²) in [5, 5.41) is 9.58. The molecule has 94 valence electrons. The molecule has 1 fully saturated rings. The average molecular weight is 238 g/mol. The lowest BCUT2D eigenvalue weighted by Crippen LogP contribution is -2.35. The summed E-state index contributed by atoms with van der Waals surface area (Å²) in [5.41, 5.74) is -0.137. The smallest absolute Gasteiger partial charge is 0.291 e. The van der Waals surface area contributed by atoms with Crippen LogP contribution in [-0.4, -0.2) is 40.3 Å². The highest BCUT2D eigenvalue weighted by Crippen LogP contribution is 2.17. The van der Waals surface area contributed by atoms with E-state index in [4.69, 9.17) is 4.74 Å². The second-order valence-electron chi connectivity index (χ2n) is 5.29. The highest BCUT2D eigenvalue weighted by atomic mass is 16.5. The Hall–Kier alpha value is -1.43. The normalized spacial score (nSPS) is 20.5. The van der Waals surface area contributed by atoms with Crippen LogP contribution in [0.25, 0.3) is 0 Å². The van der Waals surface area contributed by atoms with Gasteiger partial charge in [0.05, 0.1) is 12.6 Å². The van der Waals surface area contributed by atoms with Crippen molar-refractivity contribution in [3.8, 4) is 0 Å². The minimum Gasteiger partial charge on any atom is -0.379 e. The zero-order chi connectivity index (χ0) is 12.5. The average Bonchev–Trinajstić information content (AvgIpc) is 2.85. The Bertz CT molecular complexity index is 402. The molecule has 2 rings (SSSR count). The van der Waals surface area contributed by atoms with Crippen molar-refractivity contribution >= 4 is 5.91 Å². The Morgan fingerprint density at radius 3 is 2.82 bits per heavy atom. The van der Waals surface area contributed by atoms with Gasteiger partial charge in [0.2, 0.25) is 5.82 Å². The molecule has 2 N–H and O–H groups in total. The summed E-state index contributed by atoms with van der Waals surface area (Å²) in [6.45, 7) is 7.31. The molecule has 0 aliphatic carbocycles. The van der Waals surface area contributed by atoms with Gasteiger partial charge in [0.25, 0.3) is 5.91 Å². The van der Waals surface area contributed by atoms with Crippen LogP contribution in [0.15, 0.2) is 0 Å². The predicted octanol–water partition coefficient (Wildman–Crippen LogP) is 0.621. The maximum Gasteiger partial charge on any atom is 0.291 e. The number of ether oxygens (including phenoxy) is 1. The number of hydrogen-bond acceptors (Lipinski definition) is 4. The van der Waals surface area contributed by atoms with Gasteiger partial charge in [-0.2, -0.15) is 0 Å². The van der Waals surface area contributed by atoms with E-state index < -0.39 is 0 Å². The van der Waals surface area contributed by atoms with Crippen LogP contribution in [0.1, 0.15) is 43.6 Å². The molecule has 1 unspecified atom stereocenters. The first kappa shape index (κ1) is 12.0. The molecule has 1 aromatic rings. The Morgan fingerprint density at radius 1 is 1.53 bits per heavy atom. The fourth-order valence-electron chi connectivity index (χ4n) is 1.60. The lowest BCUT2D eigenvalue weighted by Gasteiger charge is -2.13. The minimum atomic E-state index is -0.243. The number of nitrogens with one attached hydrogen (secondary N) is 2. The number of aromatic amines is 1. The van der Waals surface area contributed by atoms with Crippen molar-refractivity contribution in [1.82, 2.24) is 20.5 Å². The summed E-state index contributed by atoms with van der Waals surface area (Å²) in [6.07, 6.45) is 0.849. The molecule has 17 heavy (non-hydrogen) atoms. The maximum atomic E-state index is 11.8. The Kier molecular flexibility index (Phi) is 3.15. The van der Waals surface area contributed by atoms with Crippen molar-refractivity contribution in [2.24, 2.45) is 0 Å². The number of hydrogen-bond donors (Lipinski definition) is 2. The van der Waals surface area contributed by atoms with E-state index in [1.165, 1.54) is 0 Å². The second-order valence-corrected chi connectivity index (χ2v) is 5.29. The molecule has 1 amide bonds. The molecule has 1 aliphatic heterocycles. The highest BCUT2D eigenvalue weighted by molar-refractivity contribution is 5.90. The molecule has 6 heteroatoms. The van der Waals surface area contributed by atoms with Gasteiger partial charge < -0.3 is 10.1 Å². The number of rotatable bonds is 2. The molecule has 1 aliphatic rings. The molecule has 0 radical (unpaired) electrons. The third-order valence-electron chi connectivity index (χ3n) is 2.66. The first-order chi connectivity index (χ1) is 7.97. The van der Waals surface area contributed by atoms with E-state index in [-0.39, 0.29) is 23.2 Å². The number of nitrogens with zero attached hydrogens (tertiary/aromatic N) is 2. The monoisotopic (exact) mass is 238 g/mol. The summed E-state index contributed by atoms with van der Waals surface area (Å²) >= 11 is 0. The van der Waals surface area contributed by atoms with Crippen LogP contribution >= 0.6 is 0 Å². The second kappa shape index (κ2) is 4.44. The van der Waals surface area contributed by atoms with Crippen LogP contribution in [0.3, 0.4) is 0 Å². The van der Waals surface area contributed by atoms with E-state index in [0.717, 1.165) is 6.42 Å². The van der Waals surface area contributed by atoms with Gasteiger partial charge in [0.1, 0.15) is 5.82 Å². The van der Waals surface area contributed by atoms with Gasteiger partial charge in [0, 0.05) is 12.0 Å². The molecular weight excluding hydrogens is 220 g/mol. The van der Waals surface area contributed by atoms with Gasteiger partial charge in [-0.25, -0.2) is 4.98 Å². The topological polar surface area (TPSA) is 79.9 Å². The molecule has 6 nitrogen and oxygen atoms in total. The predicted molar refractivity (Wildman–Crippen MR) is 61.8 cm³/mol. The van der Waals surface area contributed by atoms with Gasteiger partial charge in [-0.05, 0) is 6.42 Å². The minimum absolute atomic E-state index is 0.0825. The summed E-state index contributed by atoms with van der Waals surface area (Å²) in [4.78, 5) is 16.0. The van der Waals surface area contributed by atoms with Crippen LogP contribution < -0.4 is 5.32 Å². The number of carbonyl (C=O) groups excluding carboxylic acids is 1. The van der Waals surface area contributed by atoms with Crippen LogP contribution in [0.4, 0.5) is 0 Å². The van der Waals surface area contributed by atoms with Gasteiger partial charge in [0.15, 0.2) is 0 Å². The van der Waals surface area contributed by atoms with Crippen LogP contribution in [0, 0.1) is 0 Å². The van der Waals surface area contributed by atoms with Crippen molar-refractivity contribution in [2.75, 3.05) is 13.2 Å². The Balaban J connectivity index is 2.01. The lowest BCUT2D eigenvalue weighted by atomic mass is 9.96. The zero-order valence-electron chi connectivity index (χ0n) is 10.4. The molecular formula is C11H18N4O2. The SMILES string of the molecule is CC(C)(C)c1nc(C(=O)NC2CCOC2)n[nH]1. The summed E-state index contributed by atoms with van der Waals surface area (Å²) in [5.74, 6) is 0.666. The standard InChI is InChI=1S/C11H18N4O2/c1-11(2,3)10-13-8(14-15-10)9(16)12-7-4-5-17-6-7/h7H,4-6H2,1-3H3,(H,12,16)(H,13,14,15). The van der Waals surface area contributed by atoms with Crippen molar-refractivity contribution in [1.29, 1.82) is 0 Å². The van der Waals surface area contributed by atoms with E-state index in [0.29, 0.717) is 19.0 Å². The zero-order valence-corrected chi connectivity index (χ0v) is 10.4. The third-order valence-corrected chi connectivity index (χ3v) is 2.66. The summed E-state index contributed by atoms with van der Waals surface area (Å²) < 4.78 is 5.19. The first-order valence-electron chi connectivity index (χ1n) is 5.78. The maximum absolute atomic E-state index is 11.8. The fourth-order valence-corrected chi connectivity index (χ4v) is 1.60. The molecule has 0 aromatic carbocycles. The first-order valence-corrected chi connectivity index (χ1v) is 5.78.